The van der Waals surface area contributed by atoms with E-state index in [4.69, 9.17) is 11.6 Å². The molecular weight excluding hydrogens is 270 g/mol. The molecule has 0 fully saturated rings. The minimum absolute atomic E-state index is 0.526. The number of allylic oxidation sites excluding steroid dienone is 1. The van der Waals surface area contributed by atoms with E-state index in [0.717, 1.165) is 22.2 Å². The first-order chi connectivity index (χ1) is 6.24. The van der Waals surface area contributed by atoms with Gasteiger partial charge in [0.25, 0.3) is 0 Å². The average Bonchev–Trinajstić information content (AvgIpc) is 2.11. The van der Waals surface area contributed by atoms with Crippen LogP contribution in [0.1, 0.15) is 12.0 Å². The molecule has 0 radical (unpaired) electrons. The third kappa shape index (κ3) is 3.71. The normalized spacial score (nSPS) is 11.0. The van der Waals surface area contributed by atoms with Crippen LogP contribution in [0.2, 0.25) is 5.15 Å². The van der Waals surface area contributed by atoms with Crippen molar-refractivity contribution >= 4 is 46.2 Å². The molecule has 0 saturated carbocycles. The zero-order valence-corrected chi connectivity index (χ0v) is 10.1. The summed E-state index contributed by atoms with van der Waals surface area (Å²) in [5.74, 6) is 0.843. The summed E-state index contributed by atoms with van der Waals surface area (Å²) in [5.41, 5.74) is 0.929. The van der Waals surface area contributed by atoms with E-state index >= 15 is 0 Å². The second-order valence-corrected chi connectivity index (χ2v) is 4.17. The third-order valence-corrected chi connectivity index (χ3v) is 2.43. The van der Waals surface area contributed by atoms with Crippen molar-refractivity contribution in [3.8, 4) is 0 Å². The number of rotatable bonds is 3. The van der Waals surface area contributed by atoms with Gasteiger partial charge in [-0.3, -0.25) is 0 Å². The van der Waals surface area contributed by atoms with Crippen LogP contribution >= 0.6 is 40.2 Å². The lowest BCUT2D eigenvalue weighted by molar-refractivity contribution is 1.25. The average molecular weight is 279 g/mol. The Morgan fingerprint density at radius 2 is 2.38 bits per heavy atom. The van der Waals surface area contributed by atoms with Crippen LogP contribution in [0, 0.1) is 0 Å². The molecule has 4 heteroatoms. The maximum Gasteiger partial charge on any atom is 0.136 e. The second-order valence-electron chi connectivity index (χ2n) is 2.45. The lowest BCUT2D eigenvalue weighted by Crippen LogP contribution is -1.80. The van der Waals surface area contributed by atoms with Crippen LogP contribution in [0.25, 0.3) is 6.08 Å². The van der Waals surface area contributed by atoms with Crippen LogP contribution < -0.4 is 0 Å². The van der Waals surface area contributed by atoms with Crippen LogP contribution in [0.5, 0.6) is 0 Å². The summed E-state index contributed by atoms with van der Waals surface area (Å²) < 4.78 is 0.933. The van der Waals surface area contributed by atoms with Crippen molar-refractivity contribution in [2.45, 2.75) is 6.42 Å². The Labute approximate surface area is 96.7 Å². The molecule has 0 bridgehead atoms. The van der Waals surface area contributed by atoms with Crippen LogP contribution in [-0.2, 0) is 0 Å². The van der Waals surface area contributed by atoms with Gasteiger partial charge in [-0.05, 0) is 34.2 Å². The number of pyridine rings is 1. The number of thiol groups is 1. The molecule has 0 N–H and O–H groups in total. The van der Waals surface area contributed by atoms with Gasteiger partial charge in [-0.1, -0.05) is 23.8 Å². The molecule has 13 heavy (non-hydrogen) atoms. The van der Waals surface area contributed by atoms with Crippen molar-refractivity contribution in [3.05, 3.63) is 33.5 Å². The van der Waals surface area contributed by atoms with Crippen molar-refractivity contribution in [3.63, 3.8) is 0 Å². The highest BCUT2D eigenvalue weighted by Crippen LogP contribution is 2.19. The fourth-order valence-electron chi connectivity index (χ4n) is 0.840. The minimum Gasteiger partial charge on any atom is -0.243 e. The van der Waals surface area contributed by atoms with Gasteiger partial charge in [0.05, 0.1) is 0 Å². The molecule has 0 saturated heterocycles. The highest BCUT2D eigenvalue weighted by atomic mass is 79.9. The summed E-state index contributed by atoms with van der Waals surface area (Å²) in [5, 5.41) is 0.526. The maximum atomic E-state index is 5.87. The zero-order chi connectivity index (χ0) is 9.68. The minimum atomic E-state index is 0.526. The Kier molecular flexibility index (Phi) is 4.84. The first-order valence-corrected chi connectivity index (χ1v) is 5.63. The molecule has 0 aromatic carbocycles. The van der Waals surface area contributed by atoms with Gasteiger partial charge in [-0.2, -0.15) is 12.6 Å². The third-order valence-electron chi connectivity index (χ3n) is 1.43. The number of aromatic nitrogens is 1. The van der Waals surface area contributed by atoms with Gasteiger partial charge in [0, 0.05) is 16.2 Å². The van der Waals surface area contributed by atoms with Gasteiger partial charge in [0.2, 0.25) is 0 Å². The predicted molar refractivity (Wildman–Crippen MR) is 64.5 cm³/mol. The molecule has 0 aliphatic carbocycles. The summed E-state index contributed by atoms with van der Waals surface area (Å²) >= 11 is 13.3. The van der Waals surface area contributed by atoms with Crippen molar-refractivity contribution in [2.75, 3.05) is 5.75 Å². The summed E-state index contributed by atoms with van der Waals surface area (Å²) in [4.78, 5) is 4.01. The quantitative estimate of drug-likeness (QED) is 0.655. The van der Waals surface area contributed by atoms with Gasteiger partial charge in [0.1, 0.15) is 5.15 Å². The molecule has 1 aromatic heterocycles. The Bertz CT molecular complexity index is 314. The Balaban J connectivity index is 2.81. The van der Waals surface area contributed by atoms with E-state index in [2.05, 4.69) is 33.5 Å². The molecule has 1 heterocycles. The fourth-order valence-corrected chi connectivity index (χ4v) is 1.50. The van der Waals surface area contributed by atoms with Crippen LogP contribution in [-0.4, -0.2) is 10.7 Å². The Hall–Kier alpha value is 0.01000. The van der Waals surface area contributed by atoms with Crippen LogP contribution in [0.15, 0.2) is 22.8 Å². The molecule has 0 amide bonds. The molecule has 0 atom stereocenters. The van der Waals surface area contributed by atoms with Gasteiger partial charge in [-0.15, -0.1) is 0 Å². The van der Waals surface area contributed by atoms with Gasteiger partial charge < -0.3 is 0 Å². The number of nitrogens with zero attached hydrogens (tertiary/aromatic N) is 1. The standard InChI is InChI=1S/C9H9BrClNS/c10-8-5-7(3-1-2-4-13)9(11)12-6-8/h1,3,5-6,13H,2,4H2. The molecule has 1 aromatic rings. The van der Waals surface area contributed by atoms with Crippen molar-refractivity contribution < 1.29 is 0 Å². The second kappa shape index (κ2) is 5.68. The molecule has 0 aliphatic heterocycles. The number of hydrogen-bond donors (Lipinski definition) is 1. The largest absolute Gasteiger partial charge is 0.243 e. The topological polar surface area (TPSA) is 12.9 Å². The highest BCUT2D eigenvalue weighted by Gasteiger charge is 1.97. The predicted octanol–water partition coefficient (Wildman–Crippen LogP) is 3.83. The summed E-state index contributed by atoms with van der Waals surface area (Å²) in [6, 6.07) is 1.93. The molecule has 0 aliphatic rings. The number of halogens is 2. The number of hydrogen-bond acceptors (Lipinski definition) is 2. The molecular formula is C9H9BrClNS. The summed E-state index contributed by atoms with van der Waals surface area (Å²) in [6.07, 6.45) is 6.60. The van der Waals surface area contributed by atoms with E-state index < -0.39 is 0 Å². The van der Waals surface area contributed by atoms with Crippen LogP contribution in [0.3, 0.4) is 0 Å². The van der Waals surface area contributed by atoms with E-state index in [-0.39, 0.29) is 0 Å². The van der Waals surface area contributed by atoms with E-state index in [1.807, 2.05) is 18.2 Å². The smallest absolute Gasteiger partial charge is 0.136 e. The lowest BCUT2D eigenvalue weighted by Gasteiger charge is -1.97. The van der Waals surface area contributed by atoms with E-state index in [1.165, 1.54) is 0 Å². The molecule has 70 valence electrons. The summed E-state index contributed by atoms with van der Waals surface area (Å²) in [7, 11) is 0. The van der Waals surface area contributed by atoms with Crippen molar-refractivity contribution in [1.29, 1.82) is 0 Å². The van der Waals surface area contributed by atoms with E-state index in [9.17, 15) is 0 Å². The Morgan fingerprint density at radius 3 is 3.08 bits per heavy atom. The van der Waals surface area contributed by atoms with E-state index in [1.54, 1.807) is 6.20 Å². The molecule has 0 spiro atoms. The molecule has 1 rings (SSSR count). The van der Waals surface area contributed by atoms with Crippen molar-refractivity contribution in [2.24, 2.45) is 0 Å². The van der Waals surface area contributed by atoms with Gasteiger partial charge in [-0.25, -0.2) is 4.98 Å². The van der Waals surface area contributed by atoms with Gasteiger partial charge >= 0.3 is 0 Å². The SMILES string of the molecule is SCCC=Cc1cc(Br)cnc1Cl. The van der Waals surface area contributed by atoms with E-state index in [0.29, 0.717) is 5.15 Å². The molecule has 0 unspecified atom stereocenters. The summed E-state index contributed by atoms with van der Waals surface area (Å²) in [6.45, 7) is 0. The lowest BCUT2D eigenvalue weighted by atomic mass is 10.2. The fraction of sp³-hybridized carbons (Fsp3) is 0.222. The first kappa shape index (κ1) is 11.1. The van der Waals surface area contributed by atoms with Crippen molar-refractivity contribution in [1.82, 2.24) is 4.98 Å². The highest BCUT2D eigenvalue weighted by molar-refractivity contribution is 9.10. The van der Waals surface area contributed by atoms with Crippen LogP contribution in [0.4, 0.5) is 0 Å². The maximum absolute atomic E-state index is 5.87. The first-order valence-electron chi connectivity index (χ1n) is 3.82. The monoisotopic (exact) mass is 277 g/mol. The molecule has 1 nitrogen and oxygen atoms in total. The zero-order valence-electron chi connectivity index (χ0n) is 6.87. The van der Waals surface area contributed by atoms with Gasteiger partial charge in [0.15, 0.2) is 0 Å². The Morgan fingerprint density at radius 1 is 1.62 bits per heavy atom.